The standard InChI is InChI=1S/C22H22O10/c1-8-3-10-16(19(27)15-11(17(10)25)5-9(30-2)6-12(15)24)13(4-8)31-22-21(29)20(28)18(26)14(7-23)32-22/h3-6,14,18,20-24,26,28-29H,7H2,1-2H3/t14-,18+,20-,21-,22+/m1/s1. The summed E-state index contributed by atoms with van der Waals surface area (Å²) in [6.07, 6.45) is -7.73. The maximum atomic E-state index is 13.3. The molecule has 1 aliphatic heterocycles. The SMILES string of the molecule is COc1cc(O)c2c(c1)C(=O)c1cc(C)cc(O[C@H]3O[C@H](CO)[C@H](O)[C@@H](O)[C@H]3O)c1C2=O. The van der Waals surface area contributed by atoms with Gasteiger partial charge in [0, 0.05) is 17.2 Å². The summed E-state index contributed by atoms with van der Waals surface area (Å²) < 4.78 is 16.1. The van der Waals surface area contributed by atoms with E-state index in [4.69, 9.17) is 14.2 Å². The zero-order valence-corrected chi connectivity index (χ0v) is 17.2. The number of hydrogen-bond donors (Lipinski definition) is 5. The Morgan fingerprint density at radius 2 is 1.62 bits per heavy atom. The molecule has 0 spiro atoms. The van der Waals surface area contributed by atoms with Crippen molar-refractivity contribution in [2.45, 2.75) is 37.6 Å². The highest BCUT2D eigenvalue weighted by Crippen LogP contribution is 2.40. The van der Waals surface area contributed by atoms with Crippen molar-refractivity contribution in [2.75, 3.05) is 13.7 Å². The van der Waals surface area contributed by atoms with E-state index in [0.717, 1.165) is 0 Å². The smallest absolute Gasteiger partial charge is 0.229 e. The molecule has 1 saturated heterocycles. The number of fused-ring (bicyclic) bond motifs is 2. The number of aliphatic hydroxyl groups is 4. The van der Waals surface area contributed by atoms with E-state index in [1.807, 2.05) is 0 Å². The second-order valence-electron chi connectivity index (χ2n) is 7.73. The van der Waals surface area contributed by atoms with Crippen molar-refractivity contribution in [3.05, 3.63) is 52.1 Å². The fourth-order valence-electron chi connectivity index (χ4n) is 3.96. The van der Waals surface area contributed by atoms with Gasteiger partial charge >= 0.3 is 0 Å². The van der Waals surface area contributed by atoms with Gasteiger partial charge in [-0.3, -0.25) is 9.59 Å². The minimum Gasteiger partial charge on any atom is -0.507 e. The third kappa shape index (κ3) is 3.42. The first-order valence-corrected chi connectivity index (χ1v) is 9.80. The van der Waals surface area contributed by atoms with Gasteiger partial charge in [-0.25, -0.2) is 0 Å². The lowest BCUT2D eigenvalue weighted by Gasteiger charge is -2.39. The predicted octanol–water partition coefficient (Wildman–Crippen LogP) is -0.337. The maximum Gasteiger partial charge on any atom is 0.229 e. The van der Waals surface area contributed by atoms with Gasteiger partial charge < -0.3 is 39.7 Å². The fourth-order valence-corrected chi connectivity index (χ4v) is 3.96. The number of phenols is 1. The number of hydrogen-bond acceptors (Lipinski definition) is 10. The van der Waals surface area contributed by atoms with Gasteiger partial charge in [-0.1, -0.05) is 0 Å². The van der Waals surface area contributed by atoms with E-state index in [9.17, 15) is 35.1 Å². The van der Waals surface area contributed by atoms with Crippen LogP contribution in [0.2, 0.25) is 0 Å². The number of rotatable bonds is 4. The van der Waals surface area contributed by atoms with Gasteiger partial charge in [0.15, 0.2) is 5.78 Å². The summed E-state index contributed by atoms with van der Waals surface area (Å²) in [7, 11) is 1.36. The molecule has 0 unspecified atom stereocenters. The number of aromatic hydroxyl groups is 1. The predicted molar refractivity (Wildman–Crippen MR) is 107 cm³/mol. The molecule has 2 aromatic rings. The van der Waals surface area contributed by atoms with Gasteiger partial charge in [0.2, 0.25) is 12.1 Å². The average molecular weight is 446 g/mol. The number of ketones is 2. The Labute approximate surface area is 182 Å². The molecule has 0 amide bonds. The van der Waals surface area contributed by atoms with Crippen LogP contribution in [0.4, 0.5) is 0 Å². The first-order valence-electron chi connectivity index (χ1n) is 9.80. The molecule has 0 bridgehead atoms. The lowest BCUT2D eigenvalue weighted by Crippen LogP contribution is -2.60. The molecule has 2 aromatic carbocycles. The molecule has 4 rings (SSSR count). The highest BCUT2D eigenvalue weighted by molar-refractivity contribution is 6.30. The molecule has 0 saturated carbocycles. The first kappa shape index (κ1) is 22.2. The van der Waals surface area contributed by atoms with Crippen molar-refractivity contribution >= 4 is 11.6 Å². The first-order chi connectivity index (χ1) is 15.2. The third-order valence-electron chi connectivity index (χ3n) is 5.61. The van der Waals surface area contributed by atoms with Crippen LogP contribution in [0.5, 0.6) is 17.2 Å². The van der Waals surface area contributed by atoms with Gasteiger partial charge in [-0.05, 0) is 30.7 Å². The van der Waals surface area contributed by atoms with E-state index in [2.05, 4.69) is 0 Å². The van der Waals surface area contributed by atoms with Crippen LogP contribution in [-0.4, -0.2) is 81.5 Å². The Hall–Kier alpha value is -3.02. The van der Waals surface area contributed by atoms with Crippen molar-refractivity contribution in [1.29, 1.82) is 0 Å². The summed E-state index contributed by atoms with van der Waals surface area (Å²) in [4.78, 5) is 26.5. The Morgan fingerprint density at radius 3 is 2.28 bits per heavy atom. The summed E-state index contributed by atoms with van der Waals surface area (Å²) in [5, 5.41) is 50.0. The lowest BCUT2D eigenvalue weighted by atomic mass is 9.82. The van der Waals surface area contributed by atoms with Crippen LogP contribution in [0.1, 0.15) is 37.4 Å². The molecule has 32 heavy (non-hydrogen) atoms. The molecule has 1 aliphatic carbocycles. The summed E-state index contributed by atoms with van der Waals surface area (Å²) in [5.41, 5.74) is 0.190. The molecule has 0 radical (unpaired) electrons. The van der Waals surface area contributed by atoms with E-state index >= 15 is 0 Å². The highest BCUT2D eigenvalue weighted by Gasteiger charge is 2.45. The molecule has 5 N–H and O–H groups in total. The molecule has 0 aromatic heterocycles. The summed E-state index contributed by atoms with van der Waals surface area (Å²) in [6, 6.07) is 5.51. The van der Waals surface area contributed by atoms with Crippen LogP contribution in [-0.2, 0) is 4.74 Å². The number of phenolic OH excluding ortho intramolecular Hbond substituents is 1. The molecule has 5 atom stereocenters. The van der Waals surface area contributed by atoms with Crippen LogP contribution >= 0.6 is 0 Å². The second-order valence-corrected chi connectivity index (χ2v) is 7.73. The zero-order valence-electron chi connectivity index (χ0n) is 17.2. The Balaban J connectivity index is 1.79. The molecule has 10 nitrogen and oxygen atoms in total. The van der Waals surface area contributed by atoms with Crippen molar-refractivity contribution in [3.63, 3.8) is 0 Å². The number of carbonyl (C=O) groups excluding carboxylic acids is 2. The van der Waals surface area contributed by atoms with Crippen LogP contribution in [0.3, 0.4) is 0 Å². The monoisotopic (exact) mass is 446 g/mol. The normalized spacial score (nSPS) is 27.0. The topological polar surface area (TPSA) is 163 Å². The van der Waals surface area contributed by atoms with E-state index in [0.29, 0.717) is 5.56 Å². The van der Waals surface area contributed by atoms with Crippen LogP contribution in [0.15, 0.2) is 24.3 Å². The van der Waals surface area contributed by atoms with Gasteiger partial charge in [-0.2, -0.15) is 0 Å². The van der Waals surface area contributed by atoms with E-state index in [1.165, 1.54) is 31.4 Å². The van der Waals surface area contributed by atoms with Crippen molar-refractivity contribution in [1.82, 2.24) is 0 Å². The second kappa shape index (κ2) is 8.15. The zero-order chi connectivity index (χ0) is 23.3. The van der Waals surface area contributed by atoms with Gasteiger partial charge in [-0.15, -0.1) is 0 Å². The van der Waals surface area contributed by atoms with Crippen molar-refractivity contribution in [3.8, 4) is 17.2 Å². The molecule has 10 heteroatoms. The summed E-state index contributed by atoms with van der Waals surface area (Å²) in [5.74, 6) is -1.58. The largest absolute Gasteiger partial charge is 0.507 e. The van der Waals surface area contributed by atoms with E-state index in [1.54, 1.807) is 6.92 Å². The molecule has 2 aliphatic rings. The molecule has 170 valence electrons. The molecular formula is C22H22O10. The number of methoxy groups -OCH3 is 1. The lowest BCUT2D eigenvalue weighted by molar-refractivity contribution is -0.277. The minimum atomic E-state index is -1.71. The van der Waals surface area contributed by atoms with E-state index < -0.39 is 54.6 Å². The van der Waals surface area contributed by atoms with Crippen LogP contribution in [0.25, 0.3) is 0 Å². The van der Waals surface area contributed by atoms with E-state index in [-0.39, 0.29) is 33.8 Å². The minimum absolute atomic E-state index is 0.0229. The quantitative estimate of drug-likeness (QED) is 0.358. The number of ether oxygens (including phenoxy) is 3. The van der Waals surface area contributed by atoms with Gasteiger partial charge in [0.05, 0.1) is 24.8 Å². The fraction of sp³-hybridized carbons (Fsp3) is 0.364. The summed E-state index contributed by atoms with van der Waals surface area (Å²) >= 11 is 0. The van der Waals surface area contributed by atoms with Crippen molar-refractivity contribution in [2.24, 2.45) is 0 Å². The van der Waals surface area contributed by atoms with Crippen LogP contribution in [0, 0.1) is 6.92 Å². The maximum absolute atomic E-state index is 13.3. The van der Waals surface area contributed by atoms with Crippen LogP contribution < -0.4 is 9.47 Å². The Kier molecular flexibility index (Phi) is 5.65. The Morgan fingerprint density at radius 1 is 0.938 bits per heavy atom. The number of carbonyl (C=O) groups is 2. The summed E-state index contributed by atoms with van der Waals surface area (Å²) in [6.45, 7) is 1.01. The molecule has 1 fully saturated rings. The average Bonchev–Trinajstić information content (AvgIpc) is 2.76. The third-order valence-corrected chi connectivity index (χ3v) is 5.61. The number of benzene rings is 2. The molecular weight excluding hydrogens is 424 g/mol. The van der Waals surface area contributed by atoms with Gasteiger partial charge in [0.1, 0.15) is 41.7 Å². The highest BCUT2D eigenvalue weighted by atomic mass is 16.7. The number of aliphatic hydroxyl groups excluding tert-OH is 4. The number of aryl methyl sites for hydroxylation is 1. The van der Waals surface area contributed by atoms with Gasteiger partial charge in [0.25, 0.3) is 0 Å². The van der Waals surface area contributed by atoms with Crippen molar-refractivity contribution < 1.29 is 49.3 Å². The Bertz CT molecular complexity index is 1090. The molecule has 1 heterocycles.